The van der Waals surface area contributed by atoms with Gasteiger partial charge < -0.3 is 9.64 Å². The molecule has 152 valence electrons. The monoisotopic (exact) mass is 437 g/mol. The molecule has 6 heteroatoms. The Morgan fingerprint density at radius 1 is 1.00 bits per heavy atom. The molecule has 0 spiro atoms. The van der Waals surface area contributed by atoms with Crippen molar-refractivity contribution in [2.75, 3.05) is 19.0 Å². The zero-order valence-corrected chi connectivity index (χ0v) is 18.2. The van der Waals surface area contributed by atoms with Crippen molar-refractivity contribution in [3.8, 4) is 5.75 Å². The summed E-state index contributed by atoms with van der Waals surface area (Å²) in [6.45, 7) is 0. The van der Waals surface area contributed by atoms with Crippen molar-refractivity contribution < 1.29 is 4.74 Å². The van der Waals surface area contributed by atoms with Crippen LogP contribution >= 0.6 is 23.2 Å². The molecule has 0 saturated heterocycles. The Hall–Kier alpha value is -2.69. The van der Waals surface area contributed by atoms with Gasteiger partial charge in [0.05, 0.1) is 16.8 Å². The minimum Gasteiger partial charge on any atom is -0.463 e. The van der Waals surface area contributed by atoms with Crippen molar-refractivity contribution in [1.29, 1.82) is 0 Å². The number of hydrazone groups is 1. The van der Waals surface area contributed by atoms with Crippen molar-refractivity contribution >= 4 is 34.6 Å². The molecule has 0 N–H and O–H groups in total. The van der Waals surface area contributed by atoms with Crippen LogP contribution in [0.15, 0.2) is 71.8 Å². The van der Waals surface area contributed by atoms with Crippen LogP contribution in [0.5, 0.6) is 5.75 Å². The highest BCUT2D eigenvalue weighted by atomic mass is 35.5. The van der Waals surface area contributed by atoms with Crippen molar-refractivity contribution in [2.45, 2.75) is 18.7 Å². The molecule has 0 amide bonds. The maximum absolute atomic E-state index is 6.54. The molecule has 3 aromatic rings. The van der Waals surface area contributed by atoms with Gasteiger partial charge in [-0.2, -0.15) is 5.10 Å². The number of ether oxygens (including phenoxy) is 1. The zero-order valence-electron chi connectivity index (χ0n) is 16.7. The smallest absolute Gasteiger partial charge is 0.213 e. The molecule has 0 radical (unpaired) electrons. The van der Waals surface area contributed by atoms with Gasteiger partial charge >= 0.3 is 0 Å². The highest BCUT2D eigenvalue weighted by Gasteiger charge is 2.42. The lowest BCUT2D eigenvalue weighted by molar-refractivity contribution is -0.0189. The van der Waals surface area contributed by atoms with Gasteiger partial charge in [-0.3, -0.25) is 0 Å². The molecule has 0 saturated carbocycles. The standard InChI is InChI=1S/C24H21Cl2N3O/c1-28(2)18-10-8-16(9-11-18)24-29-22(14-21(27-29)15-6-4-3-5-7-15)19-12-17(25)13-20(26)23(19)30-24/h3-13,22,24H,14H2,1-2H3/t22-,24-/m1/s1. The van der Waals surface area contributed by atoms with Gasteiger partial charge in [0, 0.05) is 42.4 Å². The van der Waals surface area contributed by atoms with Crippen LogP contribution in [0.1, 0.15) is 35.4 Å². The molecular formula is C24H21Cl2N3O. The number of anilines is 1. The van der Waals surface area contributed by atoms with Gasteiger partial charge in [-0.15, -0.1) is 0 Å². The average Bonchev–Trinajstić information content (AvgIpc) is 3.20. The number of benzene rings is 3. The van der Waals surface area contributed by atoms with E-state index in [2.05, 4.69) is 41.3 Å². The molecule has 3 aromatic carbocycles. The first-order valence-corrected chi connectivity index (χ1v) is 10.6. The Kier molecular flexibility index (Phi) is 4.84. The average molecular weight is 438 g/mol. The molecule has 0 fully saturated rings. The van der Waals surface area contributed by atoms with Gasteiger partial charge in [-0.25, -0.2) is 5.01 Å². The fourth-order valence-corrected chi connectivity index (χ4v) is 4.63. The second kappa shape index (κ2) is 7.53. The molecule has 2 aliphatic heterocycles. The fourth-order valence-electron chi connectivity index (χ4n) is 4.08. The van der Waals surface area contributed by atoms with E-state index in [-0.39, 0.29) is 12.3 Å². The van der Waals surface area contributed by atoms with Crippen molar-refractivity contribution in [3.63, 3.8) is 0 Å². The molecule has 0 bridgehead atoms. The summed E-state index contributed by atoms with van der Waals surface area (Å²) in [6, 6.07) is 22.3. The van der Waals surface area contributed by atoms with Crippen LogP contribution in [0.2, 0.25) is 10.0 Å². The first kappa shape index (κ1) is 19.3. The Morgan fingerprint density at radius 2 is 1.73 bits per heavy atom. The van der Waals surface area contributed by atoms with Crippen molar-refractivity contribution in [3.05, 3.63) is 93.5 Å². The number of fused-ring (bicyclic) bond motifs is 3. The van der Waals surface area contributed by atoms with Crippen molar-refractivity contribution in [1.82, 2.24) is 5.01 Å². The summed E-state index contributed by atoms with van der Waals surface area (Å²) in [6.07, 6.45) is 0.405. The molecule has 0 aliphatic carbocycles. The summed E-state index contributed by atoms with van der Waals surface area (Å²) in [5.74, 6) is 0.688. The van der Waals surface area contributed by atoms with E-state index in [1.807, 2.05) is 43.4 Å². The summed E-state index contributed by atoms with van der Waals surface area (Å²) in [5, 5.41) is 8.16. The minimum atomic E-state index is -0.362. The van der Waals surface area contributed by atoms with Crippen molar-refractivity contribution in [2.24, 2.45) is 5.10 Å². The highest BCUT2D eigenvalue weighted by Crippen LogP contribution is 2.50. The van der Waals surface area contributed by atoms with Gasteiger partial charge in [0.25, 0.3) is 0 Å². The third-order valence-electron chi connectivity index (χ3n) is 5.61. The molecule has 30 heavy (non-hydrogen) atoms. The summed E-state index contributed by atoms with van der Waals surface area (Å²) in [5.41, 5.74) is 5.28. The molecule has 4 nitrogen and oxygen atoms in total. The fraction of sp³-hybridized carbons (Fsp3) is 0.208. The second-order valence-electron chi connectivity index (χ2n) is 7.77. The van der Waals surface area contributed by atoms with E-state index >= 15 is 0 Å². The van der Waals surface area contributed by atoms with Crippen LogP contribution in [-0.2, 0) is 0 Å². The van der Waals surface area contributed by atoms with E-state index in [9.17, 15) is 0 Å². The van der Waals surface area contributed by atoms with Crippen LogP contribution in [-0.4, -0.2) is 24.8 Å². The molecular weight excluding hydrogens is 417 g/mol. The molecule has 2 aliphatic rings. The lowest BCUT2D eigenvalue weighted by Gasteiger charge is -2.38. The molecule has 2 atom stereocenters. The summed E-state index contributed by atoms with van der Waals surface area (Å²) >= 11 is 12.9. The van der Waals surface area contributed by atoms with E-state index in [0.717, 1.165) is 34.5 Å². The molecule has 0 unspecified atom stereocenters. The van der Waals surface area contributed by atoms with Gasteiger partial charge in [-0.1, -0.05) is 65.7 Å². The Morgan fingerprint density at radius 3 is 2.43 bits per heavy atom. The summed E-state index contributed by atoms with van der Waals surface area (Å²) in [7, 11) is 4.05. The Bertz CT molecular complexity index is 1110. The molecule has 0 aromatic heterocycles. The predicted molar refractivity (Wildman–Crippen MR) is 123 cm³/mol. The van der Waals surface area contributed by atoms with Gasteiger partial charge in [0.1, 0.15) is 5.75 Å². The van der Waals surface area contributed by atoms with E-state index in [4.69, 9.17) is 33.0 Å². The van der Waals surface area contributed by atoms with Crippen LogP contribution in [0, 0.1) is 0 Å². The largest absolute Gasteiger partial charge is 0.463 e. The maximum atomic E-state index is 6.54. The second-order valence-corrected chi connectivity index (χ2v) is 8.62. The minimum absolute atomic E-state index is 0.0127. The number of nitrogens with zero attached hydrogens (tertiary/aromatic N) is 3. The number of rotatable bonds is 3. The number of halogens is 2. The van der Waals surface area contributed by atoms with E-state index in [1.165, 1.54) is 0 Å². The SMILES string of the molecule is CN(C)c1ccc([C@H]2Oc3c(Cl)cc(Cl)cc3[C@H]3CC(c4ccccc4)=NN32)cc1. The topological polar surface area (TPSA) is 28.1 Å². The zero-order chi connectivity index (χ0) is 20.8. The van der Waals surface area contributed by atoms with E-state index < -0.39 is 0 Å². The third kappa shape index (κ3) is 3.30. The highest BCUT2D eigenvalue weighted by molar-refractivity contribution is 6.35. The lowest BCUT2D eigenvalue weighted by atomic mass is 9.96. The Balaban J connectivity index is 1.60. The first-order valence-electron chi connectivity index (χ1n) is 9.85. The normalized spacial score (nSPS) is 19.6. The number of hydrogen-bond acceptors (Lipinski definition) is 4. The van der Waals surface area contributed by atoms with Gasteiger partial charge in [0.2, 0.25) is 6.23 Å². The predicted octanol–water partition coefficient (Wildman–Crippen LogP) is 6.30. The van der Waals surface area contributed by atoms with Gasteiger partial charge in [0.15, 0.2) is 0 Å². The first-order chi connectivity index (χ1) is 14.5. The lowest BCUT2D eigenvalue weighted by Crippen LogP contribution is -2.33. The van der Waals surface area contributed by atoms with Crippen LogP contribution in [0.3, 0.4) is 0 Å². The third-order valence-corrected chi connectivity index (χ3v) is 6.11. The quantitative estimate of drug-likeness (QED) is 0.480. The van der Waals surface area contributed by atoms with Crippen LogP contribution < -0.4 is 9.64 Å². The summed E-state index contributed by atoms with van der Waals surface area (Å²) < 4.78 is 6.42. The van der Waals surface area contributed by atoms with Crippen LogP contribution in [0.25, 0.3) is 0 Å². The molecule has 2 heterocycles. The number of hydrogen-bond donors (Lipinski definition) is 0. The van der Waals surface area contributed by atoms with E-state index in [1.54, 1.807) is 6.07 Å². The molecule has 5 rings (SSSR count). The van der Waals surface area contributed by atoms with Crippen LogP contribution in [0.4, 0.5) is 5.69 Å². The summed E-state index contributed by atoms with van der Waals surface area (Å²) in [4.78, 5) is 2.07. The van der Waals surface area contributed by atoms with Gasteiger partial charge in [-0.05, 0) is 29.8 Å². The maximum Gasteiger partial charge on any atom is 0.213 e. The Labute approximate surface area is 186 Å². The van der Waals surface area contributed by atoms with E-state index in [0.29, 0.717) is 15.8 Å².